The van der Waals surface area contributed by atoms with Crippen molar-refractivity contribution in [3.05, 3.63) is 35.9 Å². The van der Waals surface area contributed by atoms with Crippen LogP contribution < -0.4 is 37.6 Å². The Kier molecular flexibility index (Phi) is 21.5. The van der Waals surface area contributed by atoms with Crippen LogP contribution in [0, 0.1) is 11.8 Å². The lowest BCUT2D eigenvalue weighted by Crippen LogP contribution is -2.61. The molecule has 0 bridgehead atoms. The first-order valence-corrected chi connectivity index (χ1v) is 18.5. The number of hydrogen-bond acceptors (Lipinski definition) is 11. The van der Waals surface area contributed by atoms with Gasteiger partial charge in [-0.05, 0) is 50.0 Å². The molecule has 20 heteroatoms. The van der Waals surface area contributed by atoms with E-state index >= 15 is 0 Å². The van der Waals surface area contributed by atoms with Crippen molar-refractivity contribution < 1.29 is 63.6 Å². The highest BCUT2D eigenvalue weighted by atomic mass is 16.4. The summed E-state index contributed by atoms with van der Waals surface area (Å²) >= 11 is 0. The highest BCUT2D eigenvalue weighted by Gasteiger charge is 2.36. The summed E-state index contributed by atoms with van der Waals surface area (Å²) in [7, 11) is 0. The van der Waals surface area contributed by atoms with Gasteiger partial charge >= 0.3 is 17.9 Å². The molecule has 0 saturated carbocycles. The average Bonchev–Trinajstić information content (AvgIpc) is 3.12. The standard InChI is InChI=1S/C37H57N7O13/c1-19(2)16-25(42-36(56)30(20(3)4)44-33(53)23(38)13-14-28(47)48)35(55)41-24(17-22-10-7-6-8-11-22)31(51)37(57)43-26(18-29(49)50)34(54)40-21(5)32(52)39-15-9-12-27(45)46/h6-8,10-11,19-21,23-26,30-31,51H,9,12-18,38H2,1-5H3,(H,39,52)(H,40,54)(H,41,55)(H,42,56)(H,43,57)(H,44,53)(H,45,46)(H,47,48)(H,49,50)/t21-,23-,24-,25-,26-,30-,31+/m0/s1. The molecule has 1 aromatic rings. The molecule has 0 fully saturated rings. The Morgan fingerprint density at radius 3 is 1.77 bits per heavy atom. The molecule has 7 atom stereocenters. The molecule has 0 spiro atoms. The predicted molar refractivity (Wildman–Crippen MR) is 203 cm³/mol. The molecule has 0 aliphatic rings. The summed E-state index contributed by atoms with van der Waals surface area (Å²) in [5.41, 5.74) is 6.38. The van der Waals surface area contributed by atoms with Gasteiger partial charge in [0.2, 0.25) is 29.5 Å². The van der Waals surface area contributed by atoms with Crippen LogP contribution >= 0.6 is 0 Å². The lowest BCUT2D eigenvalue weighted by molar-refractivity contribution is -0.142. The van der Waals surface area contributed by atoms with Gasteiger partial charge in [0.25, 0.3) is 5.91 Å². The number of nitrogens with one attached hydrogen (secondary N) is 6. The Hall–Kier alpha value is -5.63. The summed E-state index contributed by atoms with van der Waals surface area (Å²) in [5.74, 6) is -9.78. The van der Waals surface area contributed by atoms with Crippen molar-refractivity contribution in [3.63, 3.8) is 0 Å². The van der Waals surface area contributed by atoms with E-state index in [1.807, 2.05) is 0 Å². The third-order valence-corrected chi connectivity index (χ3v) is 8.50. The highest BCUT2D eigenvalue weighted by molar-refractivity contribution is 5.96. The predicted octanol–water partition coefficient (Wildman–Crippen LogP) is -1.62. The van der Waals surface area contributed by atoms with Crippen molar-refractivity contribution in [1.29, 1.82) is 0 Å². The summed E-state index contributed by atoms with van der Waals surface area (Å²) in [5, 5.41) is 53.1. The van der Waals surface area contributed by atoms with Gasteiger partial charge in [-0.1, -0.05) is 58.0 Å². The molecule has 6 amide bonds. The quantitative estimate of drug-likeness (QED) is 0.0469. The van der Waals surface area contributed by atoms with E-state index in [-0.39, 0.29) is 51.0 Å². The topological polar surface area (TPSA) is 333 Å². The van der Waals surface area contributed by atoms with Crippen LogP contribution in [0.1, 0.15) is 78.7 Å². The molecule has 318 valence electrons. The summed E-state index contributed by atoms with van der Waals surface area (Å²) in [6.45, 7) is 8.09. The van der Waals surface area contributed by atoms with Gasteiger partial charge in [-0.25, -0.2) is 0 Å². The summed E-state index contributed by atoms with van der Waals surface area (Å²) in [6, 6.07) is 0.299. The number of carboxylic acid groups (broad SMARTS) is 3. The summed E-state index contributed by atoms with van der Waals surface area (Å²) < 4.78 is 0. The largest absolute Gasteiger partial charge is 0.481 e. The minimum absolute atomic E-state index is 0.0111. The summed E-state index contributed by atoms with van der Waals surface area (Å²) in [6.07, 6.45) is -3.75. The van der Waals surface area contributed by atoms with Crippen LogP contribution in [0.3, 0.4) is 0 Å². The Balaban J connectivity index is 3.27. The maximum absolute atomic E-state index is 13.9. The van der Waals surface area contributed by atoms with Gasteiger partial charge in [0, 0.05) is 19.4 Å². The van der Waals surface area contributed by atoms with Gasteiger partial charge in [-0.15, -0.1) is 0 Å². The normalized spacial score (nSPS) is 14.8. The number of aliphatic carboxylic acids is 3. The van der Waals surface area contributed by atoms with E-state index in [0.29, 0.717) is 5.56 Å². The van der Waals surface area contributed by atoms with Crippen LogP contribution in [0.2, 0.25) is 0 Å². The van der Waals surface area contributed by atoms with Crippen molar-refractivity contribution in [3.8, 4) is 0 Å². The second-order valence-corrected chi connectivity index (χ2v) is 14.4. The Labute approximate surface area is 330 Å². The Morgan fingerprint density at radius 1 is 0.649 bits per heavy atom. The van der Waals surface area contributed by atoms with Crippen LogP contribution in [0.4, 0.5) is 0 Å². The molecule has 1 rings (SSSR count). The number of benzene rings is 1. The molecule has 0 heterocycles. The first kappa shape index (κ1) is 49.4. The lowest BCUT2D eigenvalue weighted by atomic mass is 9.97. The number of aliphatic hydroxyl groups excluding tert-OH is 1. The zero-order valence-electron chi connectivity index (χ0n) is 32.8. The number of rotatable bonds is 26. The van der Waals surface area contributed by atoms with Gasteiger partial charge in [0.1, 0.15) is 24.2 Å². The molecule has 0 aromatic heterocycles. The third kappa shape index (κ3) is 19.2. The number of amides is 6. The van der Waals surface area contributed by atoms with Gasteiger partial charge in [0.15, 0.2) is 6.10 Å². The fourth-order valence-electron chi connectivity index (χ4n) is 5.37. The van der Waals surface area contributed by atoms with E-state index in [1.54, 1.807) is 58.0 Å². The highest BCUT2D eigenvalue weighted by Crippen LogP contribution is 2.12. The molecule has 12 N–H and O–H groups in total. The van der Waals surface area contributed by atoms with Crippen LogP contribution in [-0.4, -0.2) is 123 Å². The van der Waals surface area contributed by atoms with E-state index in [0.717, 1.165) is 0 Å². The number of nitrogens with two attached hydrogens (primary N) is 1. The lowest BCUT2D eigenvalue weighted by Gasteiger charge is -2.30. The molecule has 20 nitrogen and oxygen atoms in total. The number of carbonyl (C=O) groups is 9. The molecule has 0 aliphatic heterocycles. The smallest absolute Gasteiger partial charge is 0.305 e. The second-order valence-electron chi connectivity index (χ2n) is 14.4. The SMILES string of the molecule is CC(C)C[C@H](NC(=O)[C@@H](NC(=O)[C@@H](N)CCC(=O)O)C(C)C)C(=O)N[C@@H](Cc1ccccc1)[C@@H](O)C(=O)N[C@@H](CC(=O)O)C(=O)N[C@@H](C)C(=O)NCCCC(=O)O. The molecule has 0 saturated heterocycles. The fourth-order valence-corrected chi connectivity index (χ4v) is 5.37. The number of aliphatic hydroxyl groups is 1. The van der Waals surface area contributed by atoms with Crippen molar-refractivity contribution in [1.82, 2.24) is 31.9 Å². The molecule has 57 heavy (non-hydrogen) atoms. The molecule has 0 unspecified atom stereocenters. The van der Waals surface area contributed by atoms with Crippen LogP contribution in [0.25, 0.3) is 0 Å². The number of carbonyl (C=O) groups excluding carboxylic acids is 6. The van der Waals surface area contributed by atoms with Gasteiger partial charge in [0.05, 0.1) is 18.5 Å². The number of carboxylic acids is 3. The van der Waals surface area contributed by atoms with Crippen molar-refractivity contribution in [2.75, 3.05) is 6.54 Å². The average molecular weight is 808 g/mol. The van der Waals surface area contributed by atoms with E-state index in [2.05, 4.69) is 31.9 Å². The van der Waals surface area contributed by atoms with E-state index in [9.17, 15) is 53.4 Å². The maximum atomic E-state index is 13.9. The third-order valence-electron chi connectivity index (χ3n) is 8.50. The van der Waals surface area contributed by atoms with Gasteiger partial charge in [-0.3, -0.25) is 43.2 Å². The van der Waals surface area contributed by atoms with Crippen molar-refractivity contribution in [2.24, 2.45) is 17.6 Å². The van der Waals surface area contributed by atoms with Crippen LogP contribution in [0.5, 0.6) is 0 Å². The van der Waals surface area contributed by atoms with Crippen molar-refractivity contribution in [2.45, 2.75) is 122 Å². The van der Waals surface area contributed by atoms with E-state index < -0.39 is 108 Å². The second kappa shape index (κ2) is 24.8. The van der Waals surface area contributed by atoms with Crippen molar-refractivity contribution >= 4 is 53.4 Å². The van der Waals surface area contributed by atoms with E-state index in [4.69, 9.17) is 15.9 Å². The zero-order valence-corrected chi connectivity index (χ0v) is 32.8. The first-order chi connectivity index (χ1) is 26.6. The minimum atomic E-state index is -2.08. The van der Waals surface area contributed by atoms with Crippen LogP contribution in [0.15, 0.2) is 30.3 Å². The molecular weight excluding hydrogens is 750 g/mol. The Bertz CT molecular complexity index is 1560. The molecular formula is C37H57N7O13. The Morgan fingerprint density at radius 2 is 1.23 bits per heavy atom. The molecule has 0 radical (unpaired) electrons. The molecule has 1 aromatic carbocycles. The van der Waals surface area contributed by atoms with Gasteiger partial charge in [-0.2, -0.15) is 0 Å². The van der Waals surface area contributed by atoms with E-state index in [1.165, 1.54) is 6.92 Å². The number of hydrogen-bond donors (Lipinski definition) is 11. The fraction of sp³-hybridized carbons (Fsp3) is 0.595. The molecule has 0 aliphatic carbocycles. The monoisotopic (exact) mass is 807 g/mol. The maximum Gasteiger partial charge on any atom is 0.305 e. The first-order valence-electron chi connectivity index (χ1n) is 18.5. The van der Waals surface area contributed by atoms with Gasteiger partial charge < -0.3 is 58.1 Å². The minimum Gasteiger partial charge on any atom is -0.481 e. The summed E-state index contributed by atoms with van der Waals surface area (Å²) in [4.78, 5) is 112. The zero-order chi connectivity index (χ0) is 43.4. The van der Waals surface area contributed by atoms with Crippen LogP contribution in [-0.2, 0) is 49.6 Å².